The largest absolute Gasteiger partial charge is 0.490 e. The van der Waals surface area contributed by atoms with Crippen molar-refractivity contribution in [2.75, 3.05) is 6.61 Å². The minimum absolute atomic E-state index is 0.0118. The second-order valence-corrected chi connectivity index (χ2v) is 7.27. The number of nitrogens with zero attached hydrogens (tertiary/aromatic N) is 3. The van der Waals surface area contributed by atoms with Gasteiger partial charge in [0.1, 0.15) is 24.3 Å². The van der Waals surface area contributed by atoms with E-state index in [0.29, 0.717) is 40.5 Å². The van der Waals surface area contributed by atoms with Gasteiger partial charge in [-0.2, -0.15) is 5.26 Å². The van der Waals surface area contributed by atoms with Crippen molar-refractivity contribution >= 4 is 28.4 Å². The third-order valence-corrected chi connectivity index (χ3v) is 4.94. The first-order valence-corrected chi connectivity index (χ1v) is 10.4. The topological polar surface area (TPSA) is 114 Å². The Morgan fingerprint density at radius 1 is 1.15 bits per heavy atom. The van der Waals surface area contributed by atoms with Crippen molar-refractivity contribution in [1.29, 1.82) is 5.26 Å². The number of hydrogen-bond acceptors (Lipinski definition) is 6. The number of benzene rings is 3. The molecule has 0 amide bonds. The molecule has 0 unspecified atom stereocenters. The van der Waals surface area contributed by atoms with Gasteiger partial charge in [-0.3, -0.25) is 10.1 Å². The van der Waals surface area contributed by atoms with Gasteiger partial charge in [-0.25, -0.2) is 9.37 Å². The van der Waals surface area contributed by atoms with E-state index in [2.05, 4.69) is 16.0 Å². The highest BCUT2D eigenvalue weighted by atomic mass is 19.1. The number of non-ortho nitro benzene ring substituents is 1. The van der Waals surface area contributed by atoms with E-state index >= 15 is 0 Å². The molecular weight excluding hydrogens is 439 g/mol. The van der Waals surface area contributed by atoms with Gasteiger partial charge in [0.2, 0.25) is 0 Å². The number of nitro groups is 1. The van der Waals surface area contributed by atoms with Gasteiger partial charge in [0.05, 0.1) is 28.1 Å². The van der Waals surface area contributed by atoms with Gasteiger partial charge in [-0.1, -0.05) is 6.07 Å². The maximum atomic E-state index is 13.5. The van der Waals surface area contributed by atoms with E-state index in [9.17, 15) is 19.8 Å². The van der Waals surface area contributed by atoms with Crippen LogP contribution >= 0.6 is 0 Å². The Morgan fingerprint density at radius 3 is 2.65 bits per heavy atom. The van der Waals surface area contributed by atoms with E-state index in [1.807, 2.05) is 6.92 Å². The van der Waals surface area contributed by atoms with Crippen LogP contribution < -0.4 is 9.47 Å². The van der Waals surface area contributed by atoms with Crippen LogP contribution in [-0.2, 0) is 6.61 Å². The fourth-order valence-electron chi connectivity index (χ4n) is 3.31. The number of nitriles is 1. The average molecular weight is 458 g/mol. The number of allylic oxidation sites excluding steroid dienone is 1. The molecule has 34 heavy (non-hydrogen) atoms. The highest BCUT2D eigenvalue weighted by Gasteiger charge is 2.11. The third-order valence-electron chi connectivity index (χ3n) is 4.94. The van der Waals surface area contributed by atoms with Gasteiger partial charge in [0.15, 0.2) is 11.5 Å². The lowest BCUT2D eigenvalue weighted by Crippen LogP contribution is -2.00. The Morgan fingerprint density at radius 2 is 1.94 bits per heavy atom. The van der Waals surface area contributed by atoms with Crippen LogP contribution in [0.1, 0.15) is 23.9 Å². The third kappa shape index (κ3) is 5.02. The standard InChI is InChI=1S/C25H19FN4O4/c1-2-33-24-12-17(5-10-23(24)34-15-16-3-7-20(8-4-16)30(31)32)11-18(14-27)25-28-21-9-6-19(26)13-22(21)29-25/h3-13H,2,15H2,1H3,(H,28,29)/b18-11-. The summed E-state index contributed by atoms with van der Waals surface area (Å²) in [6.45, 7) is 2.45. The van der Waals surface area contributed by atoms with E-state index in [1.54, 1.807) is 42.5 Å². The zero-order chi connectivity index (χ0) is 24.1. The van der Waals surface area contributed by atoms with Crippen molar-refractivity contribution in [3.05, 3.63) is 93.5 Å². The average Bonchev–Trinajstić information content (AvgIpc) is 3.25. The minimum atomic E-state index is -0.455. The molecular formula is C25H19FN4O4. The number of imidazole rings is 1. The fraction of sp³-hybridized carbons (Fsp3) is 0.120. The number of nitrogens with one attached hydrogen (secondary N) is 1. The smallest absolute Gasteiger partial charge is 0.269 e. The number of ether oxygens (including phenoxy) is 2. The molecule has 0 atom stereocenters. The van der Waals surface area contributed by atoms with Gasteiger partial charge < -0.3 is 14.5 Å². The zero-order valence-corrected chi connectivity index (χ0v) is 18.1. The quantitative estimate of drug-likeness (QED) is 0.207. The first-order chi connectivity index (χ1) is 16.5. The van der Waals surface area contributed by atoms with Crippen LogP contribution in [0.25, 0.3) is 22.7 Å². The first kappa shape index (κ1) is 22.5. The number of hydrogen-bond donors (Lipinski definition) is 1. The van der Waals surface area contributed by atoms with Gasteiger partial charge in [0, 0.05) is 12.1 Å². The molecule has 170 valence electrons. The highest BCUT2D eigenvalue weighted by molar-refractivity contribution is 5.90. The Labute approximate surface area is 194 Å². The molecule has 1 aromatic heterocycles. The molecule has 1 N–H and O–H groups in total. The van der Waals surface area contributed by atoms with Crippen LogP contribution in [0.5, 0.6) is 11.5 Å². The monoisotopic (exact) mass is 458 g/mol. The molecule has 0 radical (unpaired) electrons. The fourth-order valence-corrected chi connectivity index (χ4v) is 3.31. The Kier molecular flexibility index (Phi) is 6.50. The molecule has 0 spiro atoms. The molecule has 0 aliphatic rings. The molecule has 0 fully saturated rings. The van der Waals surface area contributed by atoms with Crippen LogP contribution in [0, 0.1) is 27.3 Å². The number of nitro benzene ring substituents is 1. The highest BCUT2D eigenvalue weighted by Crippen LogP contribution is 2.31. The molecule has 4 aromatic rings. The SMILES string of the molecule is CCOc1cc(/C=C(/C#N)c2nc3ccc(F)cc3[nH]2)ccc1OCc1ccc([N+](=O)[O-])cc1. The van der Waals surface area contributed by atoms with Crippen molar-refractivity contribution < 1.29 is 18.8 Å². The molecule has 9 heteroatoms. The second-order valence-electron chi connectivity index (χ2n) is 7.27. The van der Waals surface area contributed by atoms with E-state index < -0.39 is 10.7 Å². The Balaban J connectivity index is 1.57. The van der Waals surface area contributed by atoms with Crippen LogP contribution in [0.2, 0.25) is 0 Å². The predicted molar refractivity (Wildman–Crippen MR) is 125 cm³/mol. The molecule has 8 nitrogen and oxygen atoms in total. The minimum Gasteiger partial charge on any atom is -0.490 e. The molecule has 0 saturated heterocycles. The molecule has 0 aliphatic carbocycles. The summed E-state index contributed by atoms with van der Waals surface area (Å²) in [6.07, 6.45) is 1.65. The number of halogens is 1. The van der Waals surface area contributed by atoms with Gasteiger partial charge in [-0.15, -0.1) is 0 Å². The lowest BCUT2D eigenvalue weighted by atomic mass is 10.1. The van der Waals surface area contributed by atoms with E-state index in [1.165, 1.54) is 24.3 Å². The normalized spacial score (nSPS) is 11.3. The predicted octanol–water partition coefficient (Wildman–Crippen LogP) is 5.65. The Hall–Kier alpha value is -4.71. The molecule has 0 bridgehead atoms. The summed E-state index contributed by atoms with van der Waals surface area (Å²) in [5, 5.41) is 20.5. The van der Waals surface area contributed by atoms with Gasteiger partial charge in [-0.05, 0) is 66.6 Å². The molecule has 0 saturated carbocycles. The molecule has 3 aromatic carbocycles. The van der Waals surface area contributed by atoms with Gasteiger partial charge in [0.25, 0.3) is 5.69 Å². The summed E-state index contributed by atoms with van der Waals surface area (Å²) in [5.74, 6) is 0.924. The number of H-pyrrole nitrogens is 1. The Bertz CT molecular complexity index is 1420. The maximum absolute atomic E-state index is 13.5. The van der Waals surface area contributed by atoms with Crippen molar-refractivity contribution in [3.8, 4) is 17.6 Å². The molecule has 0 aliphatic heterocycles. The summed E-state index contributed by atoms with van der Waals surface area (Å²) in [6, 6.07) is 17.7. The lowest BCUT2D eigenvalue weighted by Gasteiger charge is -2.13. The van der Waals surface area contributed by atoms with Crippen molar-refractivity contribution in [2.45, 2.75) is 13.5 Å². The van der Waals surface area contributed by atoms with Crippen LogP contribution in [0.3, 0.4) is 0 Å². The number of fused-ring (bicyclic) bond motifs is 1. The number of rotatable bonds is 8. The summed E-state index contributed by atoms with van der Waals surface area (Å²) in [7, 11) is 0. The van der Waals surface area contributed by atoms with E-state index in [0.717, 1.165) is 5.56 Å². The van der Waals surface area contributed by atoms with Gasteiger partial charge >= 0.3 is 0 Å². The van der Waals surface area contributed by atoms with E-state index in [4.69, 9.17) is 9.47 Å². The first-order valence-electron chi connectivity index (χ1n) is 10.4. The van der Waals surface area contributed by atoms with Crippen molar-refractivity contribution in [1.82, 2.24) is 9.97 Å². The molecule has 1 heterocycles. The molecule has 4 rings (SSSR count). The second kappa shape index (κ2) is 9.83. The van der Waals surface area contributed by atoms with Crippen LogP contribution in [0.4, 0.5) is 10.1 Å². The zero-order valence-electron chi connectivity index (χ0n) is 18.1. The lowest BCUT2D eigenvalue weighted by molar-refractivity contribution is -0.384. The summed E-state index contributed by atoms with van der Waals surface area (Å²) in [5.41, 5.74) is 2.81. The maximum Gasteiger partial charge on any atom is 0.269 e. The van der Waals surface area contributed by atoms with Crippen molar-refractivity contribution in [3.63, 3.8) is 0 Å². The van der Waals surface area contributed by atoms with Crippen LogP contribution in [-0.4, -0.2) is 21.5 Å². The summed E-state index contributed by atoms with van der Waals surface area (Å²) in [4.78, 5) is 17.7. The van der Waals surface area contributed by atoms with Crippen molar-refractivity contribution in [2.24, 2.45) is 0 Å². The number of aromatic nitrogens is 2. The number of aromatic amines is 1. The van der Waals surface area contributed by atoms with Crippen LogP contribution in [0.15, 0.2) is 60.7 Å². The van der Waals surface area contributed by atoms with E-state index in [-0.39, 0.29) is 17.9 Å². The summed E-state index contributed by atoms with van der Waals surface area (Å²) >= 11 is 0. The summed E-state index contributed by atoms with van der Waals surface area (Å²) < 4.78 is 25.0.